The Kier molecular flexibility index (Phi) is 5.03. The maximum atomic E-state index is 13.3. The smallest absolute Gasteiger partial charge is 0.254 e. The summed E-state index contributed by atoms with van der Waals surface area (Å²) in [6, 6.07) is 16.8. The minimum absolute atomic E-state index is 0.0684. The molecule has 2 bridgehead atoms. The van der Waals surface area contributed by atoms with Crippen molar-refractivity contribution in [2.75, 3.05) is 33.3 Å². The molecule has 3 aliphatic heterocycles. The van der Waals surface area contributed by atoms with E-state index in [-0.39, 0.29) is 12.0 Å². The van der Waals surface area contributed by atoms with E-state index in [2.05, 4.69) is 0 Å². The molecule has 3 aliphatic rings. The Morgan fingerprint density at radius 1 is 1.16 bits per heavy atom. The van der Waals surface area contributed by atoms with Crippen LogP contribution < -0.4 is 4.74 Å². The lowest BCUT2D eigenvalue weighted by Crippen LogP contribution is -2.56. The van der Waals surface area contributed by atoms with Crippen molar-refractivity contribution in [3.05, 3.63) is 65.7 Å². The van der Waals surface area contributed by atoms with Crippen LogP contribution in [0.5, 0.6) is 5.75 Å². The van der Waals surface area contributed by atoms with Crippen LogP contribution in [-0.2, 0) is 21.2 Å². The van der Waals surface area contributed by atoms with Gasteiger partial charge in [-0.25, -0.2) is 8.42 Å². The Balaban J connectivity index is 1.34. The van der Waals surface area contributed by atoms with Crippen LogP contribution in [0.3, 0.4) is 0 Å². The van der Waals surface area contributed by atoms with Crippen LogP contribution >= 0.6 is 0 Å². The molecule has 0 radical (unpaired) electrons. The van der Waals surface area contributed by atoms with E-state index < -0.39 is 20.9 Å². The van der Waals surface area contributed by atoms with Crippen LogP contribution in [0.1, 0.15) is 22.3 Å². The van der Waals surface area contributed by atoms with Gasteiger partial charge in [-0.05, 0) is 42.7 Å². The van der Waals surface area contributed by atoms with Crippen LogP contribution in [0.25, 0.3) is 0 Å². The van der Waals surface area contributed by atoms with Gasteiger partial charge < -0.3 is 14.4 Å². The summed E-state index contributed by atoms with van der Waals surface area (Å²) in [6.07, 6.45) is 0.799. The van der Waals surface area contributed by atoms with Crippen LogP contribution in [0, 0.1) is 0 Å². The molecule has 0 aliphatic carbocycles. The number of benzene rings is 2. The van der Waals surface area contributed by atoms with E-state index in [0.717, 1.165) is 11.3 Å². The molecule has 0 aromatic heterocycles. The molecule has 3 fully saturated rings. The number of likely N-dealkylation sites (tertiary alicyclic amines) is 1. The van der Waals surface area contributed by atoms with E-state index in [1.165, 1.54) is 0 Å². The third-order valence-electron chi connectivity index (χ3n) is 6.60. The summed E-state index contributed by atoms with van der Waals surface area (Å²) in [7, 11) is -1.87. The average molecular weight is 443 g/mol. The standard InChI is InChI=1S/C23H26N2O5S/c1-29-19-9-5-6-17(12-19)10-11-25-16-23-15-24(22(26)18-7-3-2-4-8-18)14-20(30-23)13-21(23)31(25,27)28/h2-9,12,20-21H,10-11,13-16H2,1H3/t20-,21+,23+/m1/s1. The molecular weight excluding hydrogens is 416 g/mol. The highest BCUT2D eigenvalue weighted by atomic mass is 32.2. The number of carbonyl (C=O) groups is 1. The predicted octanol–water partition coefficient (Wildman–Crippen LogP) is 1.94. The summed E-state index contributed by atoms with van der Waals surface area (Å²) in [5, 5.41) is -0.594. The maximum Gasteiger partial charge on any atom is 0.254 e. The number of carbonyl (C=O) groups excluding carboxylic acids is 1. The summed E-state index contributed by atoms with van der Waals surface area (Å²) < 4.78 is 39.7. The normalized spacial score (nSPS) is 29.0. The van der Waals surface area contributed by atoms with E-state index in [4.69, 9.17) is 9.47 Å². The van der Waals surface area contributed by atoms with E-state index in [9.17, 15) is 13.2 Å². The van der Waals surface area contributed by atoms with Crippen molar-refractivity contribution in [1.82, 2.24) is 9.21 Å². The fourth-order valence-electron chi connectivity index (χ4n) is 5.15. The molecule has 164 valence electrons. The molecular formula is C23H26N2O5S. The van der Waals surface area contributed by atoms with E-state index in [1.807, 2.05) is 42.5 Å². The number of rotatable bonds is 5. The minimum Gasteiger partial charge on any atom is -0.497 e. The topological polar surface area (TPSA) is 76.2 Å². The Hall–Kier alpha value is -2.42. The van der Waals surface area contributed by atoms with Crippen molar-refractivity contribution in [3.63, 3.8) is 0 Å². The van der Waals surface area contributed by atoms with Gasteiger partial charge in [-0.3, -0.25) is 4.79 Å². The Bertz CT molecular complexity index is 1090. The first-order valence-corrected chi connectivity index (χ1v) is 12.1. The zero-order chi connectivity index (χ0) is 21.6. The molecule has 5 rings (SSSR count). The lowest BCUT2D eigenvalue weighted by atomic mass is 9.99. The minimum atomic E-state index is -3.49. The number of hydrogen-bond donors (Lipinski definition) is 0. The second-order valence-corrected chi connectivity index (χ2v) is 10.7. The molecule has 0 saturated carbocycles. The fraction of sp³-hybridized carbons (Fsp3) is 0.435. The van der Waals surface area contributed by atoms with Gasteiger partial charge in [-0.2, -0.15) is 4.31 Å². The summed E-state index contributed by atoms with van der Waals surface area (Å²) in [4.78, 5) is 14.8. The molecule has 31 heavy (non-hydrogen) atoms. The lowest BCUT2D eigenvalue weighted by Gasteiger charge is -2.39. The summed E-state index contributed by atoms with van der Waals surface area (Å²) in [5.41, 5.74) is 0.792. The summed E-state index contributed by atoms with van der Waals surface area (Å²) >= 11 is 0. The number of methoxy groups -OCH3 is 1. The van der Waals surface area contributed by atoms with Crippen LogP contribution in [0.2, 0.25) is 0 Å². The van der Waals surface area contributed by atoms with Gasteiger partial charge in [0, 0.05) is 25.2 Å². The fourth-order valence-corrected chi connectivity index (χ4v) is 7.46. The zero-order valence-corrected chi connectivity index (χ0v) is 18.3. The first kappa shape index (κ1) is 20.5. The van der Waals surface area contributed by atoms with Gasteiger partial charge in [0.15, 0.2) is 0 Å². The van der Waals surface area contributed by atoms with Gasteiger partial charge in [0.25, 0.3) is 5.91 Å². The highest BCUT2D eigenvalue weighted by Crippen LogP contribution is 2.46. The van der Waals surface area contributed by atoms with Gasteiger partial charge in [0.1, 0.15) is 16.6 Å². The molecule has 2 aromatic rings. The number of amides is 1. The zero-order valence-electron chi connectivity index (χ0n) is 17.4. The highest BCUT2D eigenvalue weighted by Gasteiger charge is 2.65. The molecule has 1 spiro atoms. The van der Waals surface area contributed by atoms with Crippen molar-refractivity contribution in [2.24, 2.45) is 0 Å². The SMILES string of the molecule is COc1cccc(CCN2C[C@@]34CN(C(=O)c5ccccc5)C[C@@H](C[C@@H]3S2(=O)=O)O4)c1. The van der Waals surface area contributed by atoms with Gasteiger partial charge in [-0.15, -0.1) is 0 Å². The molecule has 3 heterocycles. The monoisotopic (exact) mass is 442 g/mol. The third kappa shape index (κ3) is 3.52. The predicted molar refractivity (Wildman–Crippen MR) is 116 cm³/mol. The van der Waals surface area contributed by atoms with E-state index >= 15 is 0 Å². The molecule has 8 heteroatoms. The Labute approximate surface area is 182 Å². The van der Waals surface area contributed by atoms with Gasteiger partial charge in [-0.1, -0.05) is 30.3 Å². The van der Waals surface area contributed by atoms with E-state index in [1.54, 1.807) is 28.4 Å². The first-order valence-electron chi connectivity index (χ1n) is 10.6. The van der Waals surface area contributed by atoms with Crippen LogP contribution in [-0.4, -0.2) is 73.8 Å². The van der Waals surface area contributed by atoms with Crippen molar-refractivity contribution in [1.29, 1.82) is 0 Å². The van der Waals surface area contributed by atoms with E-state index in [0.29, 0.717) is 44.6 Å². The first-order chi connectivity index (χ1) is 14.9. The number of morpholine rings is 1. The van der Waals surface area contributed by atoms with Crippen molar-refractivity contribution >= 4 is 15.9 Å². The molecule has 2 aromatic carbocycles. The Morgan fingerprint density at radius 3 is 2.74 bits per heavy atom. The molecule has 3 saturated heterocycles. The highest BCUT2D eigenvalue weighted by molar-refractivity contribution is 7.90. The van der Waals surface area contributed by atoms with Crippen molar-refractivity contribution in [2.45, 2.75) is 29.8 Å². The Morgan fingerprint density at radius 2 is 1.97 bits per heavy atom. The molecule has 0 N–H and O–H groups in total. The largest absolute Gasteiger partial charge is 0.497 e. The number of hydrogen-bond acceptors (Lipinski definition) is 5. The van der Waals surface area contributed by atoms with Crippen LogP contribution in [0.15, 0.2) is 54.6 Å². The van der Waals surface area contributed by atoms with Gasteiger partial charge in [0.2, 0.25) is 10.0 Å². The average Bonchev–Trinajstić information content (AvgIpc) is 3.16. The van der Waals surface area contributed by atoms with Gasteiger partial charge >= 0.3 is 0 Å². The number of fused-ring (bicyclic) bond motifs is 1. The second-order valence-electron chi connectivity index (χ2n) is 8.56. The summed E-state index contributed by atoms with van der Waals surface area (Å²) in [5.74, 6) is 0.687. The molecule has 0 unspecified atom stereocenters. The molecule has 1 amide bonds. The quantitative estimate of drug-likeness (QED) is 0.707. The second kappa shape index (κ2) is 7.62. The van der Waals surface area contributed by atoms with Crippen LogP contribution in [0.4, 0.5) is 0 Å². The van der Waals surface area contributed by atoms with Crippen molar-refractivity contribution in [3.8, 4) is 5.75 Å². The molecule has 7 nitrogen and oxygen atoms in total. The maximum absolute atomic E-state index is 13.3. The number of sulfonamides is 1. The van der Waals surface area contributed by atoms with Crippen molar-refractivity contribution < 1.29 is 22.7 Å². The number of ether oxygens (including phenoxy) is 2. The summed E-state index contributed by atoms with van der Waals surface area (Å²) in [6.45, 7) is 1.41. The number of nitrogens with zero attached hydrogens (tertiary/aromatic N) is 2. The lowest BCUT2D eigenvalue weighted by molar-refractivity contribution is -0.0976. The molecule has 3 atom stereocenters. The van der Waals surface area contributed by atoms with Gasteiger partial charge in [0.05, 0.1) is 19.8 Å². The third-order valence-corrected chi connectivity index (χ3v) is 8.98.